The normalized spacial score (nSPS) is 10.2. The molecule has 0 saturated carbocycles. The van der Waals surface area contributed by atoms with Gasteiger partial charge < -0.3 is 14.5 Å². The average Bonchev–Trinajstić information content (AvgIpc) is 2.90. The second kappa shape index (κ2) is 6.69. The van der Waals surface area contributed by atoms with Gasteiger partial charge in [-0.05, 0) is 18.2 Å². The number of amides is 1. The van der Waals surface area contributed by atoms with E-state index in [1.807, 2.05) is 0 Å². The first kappa shape index (κ1) is 14.8. The van der Waals surface area contributed by atoms with Gasteiger partial charge in [0.15, 0.2) is 5.89 Å². The Kier molecular flexibility index (Phi) is 4.71. The Bertz CT molecular complexity index is 649. The van der Waals surface area contributed by atoms with Gasteiger partial charge in [0.25, 0.3) is 0 Å². The van der Waals surface area contributed by atoms with Crippen LogP contribution >= 0.6 is 0 Å². The van der Waals surface area contributed by atoms with Crippen LogP contribution in [0.25, 0.3) is 0 Å². The summed E-state index contributed by atoms with van der Waals surface area (Å²) in [6.45, 7) is 1.75. The van der Waals surface area contributed by atoms with Gasteiger partial charge in [0, 0.05) is 25.5 Å². The quantitative estimate of drug-likeness (QED) is 0.854. The first-order chi connectivity index (χ1) is 10.1. The van der Waals surface area contributed by atoms with Crippen molar-refractivity contribution in [1.82, 2.24) is 4.98 Å². The average molecular weight is 288 g/mol. The predicted molar refractivity (Wildman–Crippen MR) is 76.0 cm³/mol. The van der Waals surface area contributed by atoms with Crippen molar-refractivity contribution in [3.05, 3.63) is 47.7 Å². The molecule has 1 amide bonds. The van der Waals surface area contributed by atoms with E-state index in [1.54, 1.807) is 37.5 Å². The second-order valence-corrected chi connectivity index (χ2v) is 4.48. The number of anilines is 1. The van der Waals surface area contributed by atoms with Crippen LogP contribution in [0.1, 0.15) is 28.4 Å². The molecule has 1 heterocycles. The topological polar surface area (TPSA) is 81.4 Å². The van der Waals surface area contributed by atoms with E-state index in [2.05, 4.69) is 15.0 Å². The van der Waals surface area contributed by atoms with E-state index >= 15 is 0 Å². The first-order valence-electron chi connectivity index (χ1n) is 6.47. The SMILES string of the molecule is COC(=O)c1cccc(NC(=O)CCc2coc(C)n2)c1. The molecule has 0 aliphatic carbocycles. The van der Waals surface area contributed by atoms with Gasteiger partial charge in [-0.15, -0.1) is 0 Å². The molecule has 2 aromatic rings. The van der Waals surface area contributed by atoms with Crippen LogP contribution in [0.5, 0.6) is 0 Å². The molecule has 6 nitrogen and oxygen atoms in total. The van der Waals surface area contributed by atoms with Crippen molar-refractivity contribution in [3.8, 4) is 0 Å². The number of carbonyl (C=O) groups excluding carboxylic acids is 2. The van der Waals surface area contributed by atoms with Crippen LogP contribution in [0.3, 0.4) is 0 Å². The van der Waals surface area contributed by atoms with Gasteiger partial charge in [0.05, 0.1) is 18.4 Å². The lowest BCUT2D eigenvalue weighted by Crippen LogP contribution is -2.13. The van der Waals surface area contributed by atoms with Gasteiger partial charge in [-0.25, -0.2) is 9.78 Å². The number of oxazole rings is 1. The van der Waals surface area contributed by atoms with Crippen molar-refractivity contribution in [1.29, 1.82) is 0 Å². The summed E-state index contributed by atoms with van der Waals surface area (Å²) in [5.74, 6) is -0.0157. The number of benzene rings is 1. The van der Waals surface area contributed by atoms with Crippen LogP contribution in [-0.2, 0) is 16.0 Å². The van der Waals surface area contributed by atoms with Crippen molar-refractivity contribution in [2.75, 3.05) is 12.4 Å². The number of methoxy groups -OCH3 is 1. The molecule has 0 aliphatic heterocycles. The molecule has 0 radical (unpaired) electrons. The van der Waals surface area contributed by atoms with Gasteiger partial charge in [-0.1, -0.05) is 6.07 Å². The number of aromatic nitrogens is 1. The molecule has 1 aromatic carbocycles. The van der Waals surface area contributed by atoms with Gasteiger partial charge >= 0.3 is 5.97 Å². The van der Waals surface area contributed by atoms with E-state index in [0.29, 0.717) is 23.6 Å². The maximum Gasteiger partial charge on any atom is 0.337 e. The number of rotatable bonds is 5. The maximum absolute atomic E-state index is 11.9. The van der Waals surface area contributed by atoms with Crippen molar-refractivity contribution in [2.24, 2.45) is 0 Å². The molecule has 110 valence electrons. The molecule has 1 aromatic heterocycles. The summed E-state index contributed by atoms with van der Waals surface area (Å²) >= 11 is 0. The Morgan fingerprint density at radius 3 is 2.86 bits per heavy atom. The Labute approximate surface area is 122 Å². The smallest absolute Gasteiger partial charge is 0.337 e. The van der Waals surface area contributed by atoms with Gasteiger partial charge in [-0.3, -0.25) is 4.79 Å². The standard InChI is InChI=1S/C15H16N2O4/c1-10-16-13(9-21-10)6-7-14(18)17-12-5-3-4-11(8-12)15(19)20-2/h3-5,8-9H,6-7H2,1-2H3,(H,17,18). The summed E-state index contributed by atoms with van der Waals surface area (Å²) in [5.41, 5.74) is 1.69. The number of aryl methyl sites for hydroxylation is 2. The van der Waals surface area contributed by atoms with Crippen molar-refractivity contribution < 1.29 is 18.7 Å². The summed E-state index contributed by atoms with van der Waals surface area (Å²) in [6, 6.07) is 6.59. The highest BCUT2D eigenvalue weighted by Crippen LogP contribution is 2.12. The van der Waals surface area contributed by atoms with E-state index in [4.69, 9.17) is 4.42 Å². The fraction of sp³-hybridized carbons (Fsp3) is 0.267. The Morgan fingerprint density at radius 2 is 2.19 bits per heavy atom. The lowest BCUT2D eigenvalue weighted by atomic mass is 10.2. The molecular formula is C15H16N2O4. The minimum Gasteiger partial charge on any atom is -0.465 e. The van der Waals surface area contributed by atoms with E-state index < -0.39 is 5.97 Å². The third-order valence-electron chi connectivity index (χ3n) is 2.84. The second-order valence-electron chi connectivity index (χ2n) is 4.48. The molecular weight excluding hydrogens is 272 g/mol. The van der Waals surface area contributed by atoms with Crippen molar-refractivity contribution in [2.45, 2.75) is 19.8 Å². The summed E-state index contributed by atoms with van der Waals surface area (Å²) in [6.07, 6.45) is 2.33. The molecule has 0 spiro atoms. The number of hydrogen-bond acceptors (Lipinski definition) is 5. The number of nitrogens with zero attached hydrogens (tertiary/aromatic N) is 1. The van der Waals surface area contributed by atoms with Gasteiger partial charge in [-0.2, -0.15) is 0 Å². The molecule has 1 N–H and O–H groups in total. The molecule has 0 aliphatic rings. The van der Waals surface area contributed by atoms with Crippen LogP contribution in [0.2, 0.25) is 0 Å². The van der Waals surface area contributed by atoms with E-state index in [9.17, 15) is 9.59 Å². The zero-order chi connectivity index (χ0) is 15.2. The Hall–Kier alpha value is -2.63. The highest BCUT2D eigenvalue weighted by Gasteiger charge is 2.09. The van der Waals surface area contributed by atoms with E-state index in [-0.39, 0.29) is 12.3 Å². The Balaban J connectivity index is 1.91. The summed E-state index contributed by atoms with van der Waals surface area (Å²) < 4.78 is 9.71. The molecule has 0 unspecified atom stereocenters. The largest absolute Gasteiger partial charge is 0.465 e. The lowest BCUT2D eigenvalue weighted by Gasteiger charge is -2.06. The van der Waals surface area contributed by atoms with Crippen LogP contribution in [0.15, 0.2) is 34.9 Å². The Morgan fingerprint density at radius 1 is 1.38 bits per heavy atom. The number of nitrogens with one attached hydrogen (secondary N) is 1. The van der Waals surface area contributed by atoms with Gasteiger partial charge in [0.2, 0.25) is 5.91 Å². The van der Waals surface area contributed by atoms with Crippen molar-refractivity contribution in [3.63, 3.8) is 0 Å². The van der Waals surface area contributed by atoms with E-state index in [0.717, 1.165) is 5.69 Å². The number of hydrogen-bond donors (Lipinski definition) is 1. The summed E-state index contributed by atoms with van der Waals surface area (Å²) in [5, 5.41) is 2.73. The third kappa shape index (κ3) is 4.17. The number of esters is 1. The zero-order valence-electron chi connectivity index (χ0n) is 11.9. The molecule has 0 fully saturated rings. The minimum absolute atomic E-state index is 0.155. The number of ether oxygens (including phenoxy) is 1. The molecule has 0 atom stereocenters. The first-order valence-corrected chi connectivity index (χ1v) is 6.47. The minimum atomic E-state index is -0.441. The number of carbonyl (C=O) groups is 2. The van der Waals surface area contributed by atoms with Crippen LogP contribution in [-0.4, -0.2) is 24.0 Å². The van der Waals surface area contributed by atoms with Crippen LogP contribution in [0, 0.1) is 6.92 Å². The summed E-state index contributed by atoms with van der Waals surface area (Å²) in [7, 11) is 1.31. The van der Waals surface area contributed by atoms with Crippen LogP contribution in [0.4, 0.5) is 5.69 Å². The monoisotopic (exact) mass is 288 g/mol. The molecule has 0 saturated heterocycles. The molecule has 2 rings (SSSR count). The third-order valence-corrected chi connectivity index (χ3v) is 2.84. The highest BCUT2D eigenvalue weighted by molar-refractivity contribution is 5.94. The molecule has 0 bridgehead atoms. The predicted octanol–water partition coefficient (Wildman–Crippen LogP) is 2.34. The fourth-order valence-corrected chi connectivity index (χ4v) is 1.83. The highest BCUT2D eigenvalue weighted by atomic mass is 16.5. The van der Waals surface area contributed by atoms with Gasteiger partial charge in [0.1, 0.15) is 6.26 Å². The van der Waals surface area contributed by atoms with Crippen molar-refractivity contribution >= 4 is 17.6 Å². The maximum atomic E-state index is 11.9. The lowest BCUT2D eigenvalue weighted by molar-refractivity contribution is -0.116. The molecule has 6 heteroatoms. The summed E-state index contributed by atoms with van der Waals surface area (Å²) in [4.78, 5) is 27.4. The zero-order valence-corrected chi connectivity index (χ0v) is 11.9. The fourth-order valence-electron chi connectivity index (χ4n) is 1.83. The van der Waals surface area contributed by atoms with Crippen LogP contribution < -0.4 is 5.32 Å². The molecule has 21 heavy (non-hydrogen) atoms. The van der Waals surface area contributed by atoms with E-state index in [1.165, 1.54) is 7.11 Å².